The van der Waals surface area contributed by atoms with E-state index >= 15 is 0 Å². The molecule has 2 amide bonds. The standard InChI is InChI=1S/C24H26N2O6/c27-15-22(29)20(12-11-17-7-3-1-4-8-17)25-23(30)21-13-19(28)14-26(21)24(31)32-16-18-9-5-2-6-10-18/h1-10,20-21,27H,11-16H2,(H,25,30)/t20-,21+/m1/s1. The van der Waals surface area contributed by atoms with Crippen molar-refractivity contribution in [2.24, 2.45) is 0 Å². The molecule has 3 rings (SSSR count). The number of nitrogens with zero attached hydrogens (tertiary/aromatic N) is 1. The maximum atomic E-state index is 12.9. The van der Waals surface area contributed by atoms with Gasteiger partial charge in [0.2, 0.25) is 5.91 Å². The largest absolute Gasteiger partial charge is 0.445 e. The maximum absolute atomic E-state index is 12.9. The van der Waals surface area contributed by atoms with E-state index in [0.29, 0.717) is 6.42 Å². The minimum atomic E-state index is -1.06. The van der Waals surface area contributed by atoms with Gasteiger partial charge in [0.15, 0.2) is 11.6 Å². The number of likely N-dealkylation sites (tertiary alicyclic amines) is 1. The number of aliphatic hydroxyl groups is 1. The van der Waals surface area contributed by atoms with Crippen molar-refractivity contribution in [3.8, 4) is 0 Å². The summed E-state index contributed by atoms with van der Waals surface area (Å²) < 4.78 is 5.27. The van der Waals surface area contributed by atoms with Crippen molar-refractivity contribution in [2.45, 2.75) is 38.0 Å². The van der Waals surface area contributed by atoms with Crippen molar-refractivity contribution < 1.29 is 29.0 Å². The van der Waals surface area contributed by atoms with Crippen LogP contribution in [0.3, 0.4) is 0 Å². The molecular formula is C24H26N2O6. The van der Waals surface area contributed by atoms with E-state index in [1.54, 1.807) is 12.1 Å². The monoisotopic (exact) mass is 438 g/mol. The van der Waals surface area contributed by atoms with Crippen LogP contribution in [-0.2, 0) is 32.1 Å². The molecule has 1 aliphatic rings. The molecule has 168 valence electrons. The lowest BCUT2D eigenvalue weighted by molar-refractivity contribution is -0.131. The Labute approximate surface area is 186 Å². The summed E-state index contributed by atoms with van der Waals surface area (Å²) in [5.74, 6) is -1.42. The topological polar surface area (TPSA) is 113 Å². The molecule has 0 radical (unpaired) electrons. The summed E-state index contributed by atoms with van der Waals surface area (Å²) >= 11 is 0. The Bertz CT molecular complexity index is 947. The maximum Gasteiger partial charge on any atom is 0.411 e. The van der Waals surface area contributed by atoms with Gasteiger partial charge in [0, 0.05) is 6.42 Å². The van der Waals surface area contributed by atoms with E-state index in [0.717, 1.165) is 16.0 Å². The van der Waals surface area contributed by atoms with Gasteiger partial charge < -0.3 is 15.2 Å². The first kappa shape index (κ1) is 23.1. The molecule has 0 spiro atoms. The minimum absolute atomic E-state index is 0.0153. The van der Waals surface area contributed by atoms with Crippen LogP contribution in [0.4, 0.5) is 4.79 Å². The molecule has 8 heteroatoms. The Hall–Kier alpha value is -3.52. The van der Waals surface area contributed by atoms with E-state index in [-0.39, 0.29) is 31.8 Å². The molecule has 1 aliphatic heterocycles. The zero-order chi connectivity index (χ0) is 22.9. The van der Waals surface area contributed by atoms with Gasteiger partial charge in [0.1, 0.15) is 19.3 Å². The summed E-state index contributed by atoms with van der Waals surface area (Å²) in [6.45, 7) is -0.929. The summed E-state index contributed by atoms with van der Waals surface area (Å²) in [7, 11) is 0. The molecule has 1 saturated heterocycles. The summed E-state index contributed by atoms with van der Waals surface area (Å²) in [4.78, 5) is 50.7. The van der Waals surface area contributed by atoms with Gasteiger partial charge in [-0.05, 0) is 24.0 Å². The molecule has 2 N–H and O–H groups in total. The van der Waals surface area contributed by atoms with E-state index in [9.17, 15) is 24.3 Å². The highest BCUT2D eigenvalue weighted by Gasteiger charge is 2.40. The summed E-state index contributed by atoms with van der Waals surface area (Å²) in [5.41, 5.74) is 1.77. The third-order valence-electron chi connectivity index (χ3n) is 5.31. The van der Waals surface area contributed by atoms with Crippen LogP contribution >= 0.6 is 0 Å². The predicted molar refractivity (Wildman–Crippen MR) is 116 cm³/mol. The Kier molecular flexibility index (Phi) is 8.10. The van der Waals surface area contributed by atoms with Crippen LogP contribution in [0.15, 0.2) is 60.7 Å². The number of ketones is 2. The highest BCUT2D eigenvalue weighted by molar-refractivity contribution is 5.99. The quantitative estimate of drug-likeness (QED) is 0.616. The number of rotatable bonds is 9. The van der Waals surface area contributed by atoms with E-state index in [4.69, 9.17) is 4.74 Å². The minimum Gasteiger partial charge on any atom is -0.445 e. The Balaban J connectivity index is 1.62. The van der Waals surface area contributed by atoms with Crippen molar-refractivity contribution in [3.05, 3.63) is 71.8 Å². The van der Waals surface area contributed by atoms with Crippen molar-refractivity contribution in [1.29, 1.82) is 0 Å². The molecule has 2 aromatic rings. The second-order valence-corrected chi connectivity index (χ2v) is 7.64. The van der Waals surface area contributed by atoms with Gasteiger partial charge in [0.25, 0.3) is 0 Å². The van der Waals surface area contributed by atoms with Crippen LogP contribution < -0.4 is 5.32 Å². The van der Waals surface area contributed by atoms with Crippen LogP contribution in [-0.4, -0.2) is 58.8 Å². The third kappa shape index (κ3) is 6.24. The highest BCUT2D eigenvalue weighted by atomic mass is 16.6. The fourth-order valence-electron chi connectivity index (χ4n) is 3.57. The number of nitrogens with one attached hydrogen (secondary N) is 1. The fraction of sp³-hybridized carbons (Fsp3) is 0.333. The van der Waals surface area contributed by atoms with Gasteiger partial charge in [-0.2, -0.15) is 0 Å². The number of carbonyl (C=O) groups excluding carboxylic acids is 4. The zero-order valence-corrected chi connectivity index (χ0v) is 17.6. The van der Waals surface area contributed by atoms with Crippen LogP contribution in [0, 0.1) is 0 Å². The smallest absolute Gasteiger partial charge is 0.411 e. The lowest BCUT2D eigenvalue weighted by Crippen LogP contribution is -2.51. The number of aliphatic hydroxyl groups excluding tert-OH is 1. The van der Waals surface area contributed by atoms with Crippen molar-refractivity contribution in [3.63, 3.8) is 0 Å². The molecule has 0 unspecified atom stereocenters. The van der Waals surface area contributed by atoms with Crippen LogP contribution in [0.1, 0.15) is 24.0 Å². The van der Waals surface area contributed by atoms with Gasteiger partial charge in [-0.25, -0.2) is 4.79 Å². The molecular weight excluding hydrogens is 412 g/mol. The third-order valence-corrected chi connectivity index (χ3v) is 5.31. The summed E-state index contributed by atoms with van der Waals surface area (Å²) in [6.07, 6.45) is -0.113. The molecule has 2 aromatic carbocycles. The number of benzene rings is 2. The van der Waals surface area contributed by atoms with Gasteiger partial charge in [-0.1, -0.05) is 60.7 Å². The molecule has 32 heavy (non-hydrogen) atoms. The van der Waals surface area contributed by atoms with Gasteiger partial charge in [0.05, 0.1) is 12.6 Å². The average Bonchev–Trinajstić information content (AvgIpc) is 3.22. The van der Waals surface area contributed by atoms with E-state index in [2.05, 4.69) is 5.32 Å². The molecule has 1 heterocycles. The molecule has 0 aromatic heterocycles. The first-order chi connectivity index (χ1) is 15.5. The molecule has 8 nitrogen and oxygen atoms in total. The average molecular weight is 438 g/mol. The number of carbonyl (C=O) groups is 4. The first-order valence-electron chi connectivity index (χ1n) is 10.4. The van der Waals surface area contributed by atoms with E-state index in [1.165, 1.54) is 0 Å². The number of Topliss-reactive ketones (excluding diaryl/α,β-unsaturated/α-hetero) is 2. The fourth-order valence-corrected chi connectivity index (χ4v) is 3.57. The molecule has 0 bridgehead atoms. The van der Waals surface area contributed by atoms with E-state index < -0.39 is 36.5 Å². The normalized spacial score (nSPS) is 16.5. The first-order valence-corrected chi connectivity index (χ1v) is 10.4. The molecule has 0 saturated carbocycles. The van der Waals surface area contributed by atoms with Crippen molar-refractivity contribution >= 4 is 23.6 Å². The van der Waals surface area contributed by atoms with Crippen LogP contribution in [0.25, 0.3) is 0 Å². The number of aryl methyl sites for hydroxylation is 1. The van der Waals surface area contributed by atoms with Gasteiger partial charge in [-0.15, -0.1) is 0 Å². The van der Waals surface area contributed by atoms with Crippen molar-refractivity contribution in [1.82, 2.24) is 10.2 Å². The SMILES string of the molecule is O=C1C[C@@H](C(=O)N[C@H](CCc2ccccc2)C(=O)CO)N(C(=O)OCc2ccccc2)C1. The zero-order valence-electron chi connectivity index (χ0n) is 17.6. The Morgan fingerprint density at radius 2 is 1.66 bits per heavy atom. The number of hydrogen-bond donors (Lipinski definition) is 2. The second-order valence-electron chi connectivity index (χ2n) is 7.64. The number of ether oxygens (including phenoxy) is 1. The predicted octanol–water partition coefficient (Wildman–Crippen LogP) is 1.65. The van der Waals surface area contributed by atoms with Gasteiger partial charge >= 0.3 is 6.09 Å². The Morgan fingerprint density at radius 3 is 2.28 bits per heavy atom. The molecule has 0 aliphatic carbocycles. The van der Waals surface area contributed by atoms with E-state index in [1.807, 2.05) is 48.5 Å². The van der Waals surface area contributed by atoms with Crippen LogP contribution in [0.5, 0.6) is 0 Å². The molecule has 2 atom stereocenters. The number of amides is 2. The Morgan fingerprint density at radius 1 is 1.03 bits per heavy atom. The lowest BCUT2D eigenvalue weighted by Gasteiger charge is -2.25. The second kappa shape index (κ2) is 11.2. The molecule has 1 fully saturated rings. The van der Waals surface area contributed by atoms with Crippen molar-refractivity contribution in [2.75, 3.05) is 13.2 Å². The highest BCUT2D eigenvalue weighted by Crippen LogP contribution is 2.18. The van der Waals surface area contributed by atoms with Crippen LogP contribution in [0.2, 0.25) is 0 Å². The number of hydrogen-bond acceptors (Lipinski definition) is 6. The van der Waals surface area contributed by atoms with Gasteiger partial charge in [-0.3, -0.25) is 19.3 Å². The lowest BCUT2D eigenvalue weighted by atomic mass is 10.0. The summed E-state index contributed by atoms with van der Waals surface area (Å²) in [6, 6.07) is 16.5. The summed E-state index contributed by atoms with van der Waals surface area (Å²) in [5, 5.41) is 11.9.